The molecule has 28 heavy (non-hydrogen) atoms. The van der Waals surface area contributed by atoms with Crippen molar-refractivity contribution >= 4 is 21.8 Å². The van der Waals surface area contributed by atoms with Crippen LogP contribution >= 0.6 is 11.8 Å². The Bertz CT molecular complexity index is 957. The van der Waals surface area contributed by atoms with E-state index in [-0.39, 0.29) is 12.5 Å². The van der Waals surface area contributed by atoms with Crippen molar-refractivity contribution in [2.24, 2.45) is 5.92 Å². The van der Waals surface area contributed by atoms with Gasteiger partial charge in [0.15, 0.2) is 0 Å². The minimum Gasteiger partial charge on any atom is -0.457 e. The molecule has 2 aromatic carbocycles. The zero-order valence-corrected chi connectivity index (χ0v) is 17.0. The first-order chi connectivity index (χ1) is 13.3. The van der Waals surface area contributed by atoms with Gasteiger partial charge in [-0.2, -0.15) is 0 Å². The van der Waals surface area contributed by atoms with Crippen molar-refractivity contribution in [3.63, 3.8) is 0 Å². The normalized spacial score (nSPS) is 24.6. The van der Waals surface area contributed by atoms with Gasteiger partial charge in [0.25, 0.3) is 0 Å². The third kappa shape index (κ3) is 4.52. The number of aliphatic hydroxyl groups excluding tert-OH is 2. The van der Waals surface area contributed by atoms with E-state index < -0.39 is 21.6 Å². The number of hydrogen-bond donors (Lipinski definition) is 3. The Morgan fingerprint density at radius 2 is 1.79 bits per heavy atom. The van der Waals surface area contributed by atoms with E-state index in [1.165, 1.54) is 11.8 Å². The molecule has 4 rings (SSSR count). The predicted molar refractivity (Wildman–Crippen MR) is 108 cm³/mol. The van der Waals surface area contributed by atoms with Gasteiger partial charge in [-0.05, 0) is 54.2 Å². The van der Waals surface area contributed by atoms with Crippen molar-refractivity contribution < 1.29 is 23.4 Å². The van der Waals surface area contributed by atoms with E-state index in [0.29, 0.717) is 17.4 Å². The Morgan fingerprint density at radius 1 is 1.11 bits per heavy atom. The van der Waals surface area contributed by atoms with E-state index in [0.717, 1.165) is 35.1 Å². The van der Waals surface area contributed by atoms with E-state index in [2.05, 4.69) is 4.72 Å². The zero-order chi connectivity index (χ0) is 19.9. The van der Waals surface area contributed by atoms with Crippen LogP contribution in [0.3, 0.4) is 0 Å². The maximum Gasteiger partial charge on any atom is 0.209 e. The van der Waals surface area contributed by atoms with Crippen molar-refractivity contribution in [1.29, 1.82) is 0 Å². The van der Waals surface area contributed by atoms with Gasteiger partial charge in [0.05, 0.1) is 12.4 Å². The molecular weight excluding hydrogens is 398 g/mol. The Morgan fingerprint density at radius 3 is 2.43 bits per heavy atom. The molecule has 6 nitrogen and oxygen atoms in total. The molecule has 3 atom stereocenters. The Labute approximate surface area is 169 Å². The second-order valence-corrected chi connectivity index (χ2v) is 10.4. The molecule has 3 N–H and O–H groups in total. The number of aliphatic hydroxyl groups is 2. The number of hydrogen-bond acceptors (Lipinski definition) is 6. The van der Waals surface area contributed by atoms with Crippen LogP contribution in [0.25, 0.3) is 0 Å². The summed E-state index contributed by atoms with van der Waals surface area (Å²) in [5, 5.41) is 20.6. The molecule has 0 saturated heterocycles. The first kappa shape index (κ1) is 19.7. The number of benzene rings is 2. The van der Waals surface area contributed by atoms with Crippen molar-refractivity contribution in [3.05, 3.63) is 53.6 Å². The molecule has 1 fully saturated rings. The predicted octanol–water partition coefficient (Wildman–Crippen LogP) is 2.81. The van der Waals surface area contributed by atoms with Gasteiger partial charge in [0.2, 0.25) is 10.0 Å². The Hall–Kier alpha value is -1.58. The van der Waals surface area contributed by atoms with Crippen LogP contribution in [0, 0.1) is 5.92 Å². The first-order valence-electron chi connectivity index (χ1n) is 9.18. The molecule has 0 aromatic heterocycles. The molecule has 0 amide bonds. The lowest BCUT2D eigenvalue weighted by Gasteiger charge is -2.33. The molecule has 0 spiro atoms. The lowest BCUT2D eigenvalue weighted by molar-refractivity contribution is 0.0427. The summed E-state index contributed by atoms with van der Waals surface area (Å²) in [6.45, 7) is 0.234. The van der Waals surface area contributed by atoms with Crippen LogP contribution in [0.2, 0.25) is 0 Å². The van der Waals surface area contributed by atoms with Crippen molar-refractivity contribution in [2.45, 2.75) is 41.7 Å². The third-order valence-corrected chi connectivity index (χ3v) is 6.88. The zero-order valence-electron chi connectivity index (χ0n) is 15.4. The monoisotopic (exact) mass is 421 g/mol. The van der Waals surface area contributed by atoms with Crippen molar-refractivity contribution in [1.82, 2.24) is 4.72 Å². The van der Waals surface area contributed by atoms with Crippen molar-refractivity contribution in [2.75, 3.05) is 6.26 Å². The summed E-state index contributed by atoms with van der Waals surface area (Å²) in [5.41, 5.74) is 1.10. The molecule has 1 aliphatic heterocycles. The van der Waals surface area contributed by atoms with E-state index in [1.807, 2.05) is 30.3 Å². The molecule has 8 heteroatoms. The van der Waals surface area contributed by atoms with E-state index in [9.17, 15) is 18.6 Å². The summed E-state index contributed by atoms with van der Waals surface area (Å²) in [7, 11) is -3.23. The molecule has 1 heterocycles. The maximum absolute atomic E-state index is 11.2. The molecule has 2 aromatic rings. The summed E-state index contributed by atoms with van der Waals surface area (Å²) < 4.78 is 30.7. The van der Waals surface area contributed by atoms with E-state index in [1.54, 1.807) is 12.1 Å². The quantitative estimate of drug-likeness (QED) is 0.664. The van der Waals surface area contributed by atoms with Gasteiger partial charge in [-0.15, -0.1) is 0 Å². The van der Waals surface area contributed by atoms with Crippen LogP contribution in [0.15, 0.2) is 47.4 Å². The van der Waals surface area contributed by atoms with Crippen LogP contribution in [0.4, 0.5) is 0 Å². The van der Waals surface area contributed by atoms with Crippen molar-refractivity contribution in [3.8, 4) is 11.5 Å². The summed E-state index contributed by atoms with van der Waals surface area (Å²) in [5.74, 6) is 1.74. The van der Waals surface area contributed by atoms with Gasteiger partial charge in [-0.25, -0.2) is 13.1 Å². The summed E-state index contributed by atoms with van der Waals surface area (Å²) in [4.78, 5) is 0.946. The SMILES string of the molecule is CS(=O)(=O)NCc1ccc(Oc2ccc3c(c2)SC(O)C(O)C3C2CC2)cc1. The fraction of sp³-hybridized carbons (Fsp3) is 0.400. The number of ether oxygens (including phenoxy) is 1. The number of nitrogens with one attached hydrogen (secondary N) is 1. The fourth-order valence-electron chi connectivity index (χ4n) is 3.53. The smallest absolute Gasteiger partial charge is 0.209 e. The van der Waals surface area contributed by atoms with Crippen LogP contribution in [0.1, 0.15) is 29.9 Å². The highest BCUT2D eigenvalue weighted by Gasteiger charge is 2.44. The molecular formula is C20H23NO5S2. The second-order valence-electron chi connectivity index (χ2n) is 7.40. The molecule has 1 aliphatic carbocycles. The number of rotatable bonds is 6. The molecule has 150 valence electrons. The molecule has 1 saturated carbocycles. The third-order valence-electron chi connectivity index (χ3n) is 5.08. The lowest BCUT2D eigenvalue weighted by Crippen LogP contribution is -2.34. The molecule has 0 bridgehead atoms. The fourth-order valence-corrected chi connectivity index (χ4v) is 5.05. The molecule has 0 radical (unpaired) electrons. The van der Waals surface area contributed by atoms with Gasteiger partial charge in [-0.3, -0.25) is 0 Å². The summed E-state index contributed by atoms with van der Waals surface area (Å²) in [6, 6.07) is 13.0. The van der Waals surface area contributed by atoms with Crippen LogP contribution < -0.4 is 9.46 Å². The number of sulfonamides is 1. The van der Waals surface area contributed by atoms with E-state index >= 15 is 0 Å². The first-order valence-corrected chi connectivity index (χ1v) is 12.0. The van der Waals surface area contributed by atoms with Crippen LogP contribution in [-0.4, -0.2) is 36.4 Å². The average Bonchev–Trinajstić information content (AvgIpc) is 3.47. The number of fused-ring (bicyclic) bond motifs is 1. The van der Waals surface area contributed by atoms with Crippen LogP contribution in [-0.2, 0) is 16.6 Å². The van der Waals surface area contributed by atoms with Gasteiger partial charge >= 0.3 is 0 Å². The van der Waals surface area contributed by atoms with E-state index in [4.69, 9.17) is 4.74 Å². The van der Waals surface area contributed by atoms with Crippen LogP contribution in [0.5, 0.6) is 11.5 Å². The molecule has 2 aliphatic rings. The van der Waals surface area contributed by atoms with Gasteiger partial charge in [0.1, 0.15) is 16.9 Å². The van der Waals surface area contributed by atoms with Gasteiger partial charge in [0, 0.05) is 17.4 Å². The summed E-state index contributed by atoms with van der Waals surface area (Å²) in [6.07, 6.45) is 2.58. The summed E-state index contributed by atoms with van der Waals surface area (Å²) >= 11 is 1.27. The lowest BCUT2D eigenvalue weighted by atomic mass is 9.88. The Balaban J connectivity index is 1.48. The van der Waals surface area contributed by atoms with Gasteiger partial charge in [-0.1, -0.05) is 30.0 Å². The minimum atomic E-state index is -3.23. The largest absolute Gasteiger partial charge is 0.457 e. The highest BCUT2D eigenvalue weighted by atomic mass is 32.2. The second kappa shape index (κ2) is 7.68. The topological polar surface area (TPSA) is 95.9 Å². The number of thioether (sulfide) groups is 1. The maximum atomic E-state index is 11.2. The van der Waals surface area contributed by atoms with Gasteiger partial charge < -0.3 is 14.9 Å². The minimum absolute atomic E-state index is 0.0121. The Kier molecular flexibility index (Phi) is 5.41. The highest BCUT2D eigenvalue weighted by molar-refractivity contribution is 8.00. The standard InChI is InChI=1S/C20H23NO5S2/c1-28(24,25)21-11-12-2-6-14(7-3-12)26-15-8-9-16-17(10-15)27-20(23)19(22)18(16)13-4-5-13/h2-3,6-10,13,18-23H,4-5,11H2,1H3. The molecule has 3 unspecified atom stereocenters. The average molecular weight is 422 g/mol. The highest BCUT2D eigenvalue weighted by Crippen LogP contribution is 2.52.